The lowest BCUT2D eigenvalue weighted by molar-refractivity contribution is -0.159. The van der Waals surface area contributed by atoms with Gasteiger partial charge in [0.05, 0.1) is 6.26 Å². The Morgan fingerprint density at radius 3 is 2.55 bits per heavy atom. The molecule has 0 amide bonds. The molecular weight excluding hydrogens is 152 g/mol. The number of carboxylic acids is 1. The van der Waals surface area contributed by atoms with Gasteiger partial charge in [-0.2, -0.15) is 0 Å². The monoisotopic (exact) mass is 160 g/mol. The second-order valence-electron chi connectivity index (χ2n) is 2.20. The number of aliphatic carboxylic acids is 1. The largest absolute Gasteiger partial charge is 0.484 e. The van der Waals surface area contributed by atoms with E-state index in [0.29, 0.717) is 0 Å². The molecule has 0 saturated heterocycles. The minimum atomic E-state index is -1.39. The molecule has 0 spiro atoms. The smallest absolute Gasteiger partial charge is 0.347 e. The first-order valence-electron chi connectivity index (χ1n) is 3.04. The van der Waals surface area contributed by atoms with Crippen LogP contribution in [0.25, 0.3) is 0 Å². The summed E-state index contributed by atoms with van der Waals surface area (Å²) in [5.74, 6) is -1.29. The van der Waals surface area contributed by atoms with Gasteiger partial charge in [0, 0.05) is 0 Å². The molecule has 0 bridgehead atoms. The van der Waals surface area contributed by atoms with E-state index in [1.807, 2.05) is 0 Å². The fourth-order valence-corrected chi connectivity index (χ4v) is 0.788. The Balaban J connectivity index is 2.70. The van der Waals surface area contributed by atoms with E-state index in [1.165, 1.54) is 6.08 Å². The third-order valence-electron chi connectivity index (χ3n) is 1.40. The van der Waals surface area contributed by atoms with Crippen LogP contribution in [0.15, 0.2) is 12.3 Å². The summed E-state index contributed by atoms with van der Waals surface area (Å²) >= 11 is 0. The van der Waals surface area contributed by atoms with Crippen molar-refractivity contribution in [1.82, 2.24) is 0 Å². The van der Waals surface area contributed by atoms with Gasteiger partial charge in [-0.3, -0.25) is 0 Å². The van der Waals surface area contributed by atoms with Gasteiger partial charge < -0.3 is 20.1 Å². The number of carboxylic acid groups (broad SMARTS) is 1. The van der Waals surface area contributed by atoms with E-state index in [1.54, 1.807) is 0 Å². The maximum Gasteiger partial charge on any atom is 0.347 e. The van der Waals surface area contributed by atoms with Gasteiger partial charge in [-0.05, 0) is 6.08 Å². The molecule has 62 valence electrons. The second-order valence-corrected chi connectivity index (χ2v) is 2.20. The molecular formula is C6H8O5. The number of rotatable bonds is 1. The summed E-state index contributed by atoms with van der Waals surface area (Å²) in [6.45, 7) is 0. The summed E-state index contributed by atoms with van der Waals surface area (Å²) in [6, 6.07) is 0. The highest BCUT2D eigenvalue weighted by atomic mass is 16.5. The lowest BCUT2D eigenvalue weighted by atomic mass is 10.1. The first kappa shape index (κ1) is 8.03. The average molecular weight is 160 g/mol. The van der Waals surface area contributed by atoms with Gasteiger partial charge >= 0.3 is 5.97 Å². The molecule has 3 N–H and O–H groups in total. The van der Waals surface area contributed by atoms with Gasteiger partial charge in [0.15, 0.2) is 0 Å². The van der Waals surface area contributed by atoms with Crippen molar-refractivity contribution >= 4 is 5.97 Å². The van der Waals surface area contributed by atoms with Crippen LogP contribution < -0.4 is 0 Å². The van der Waals surface area contributed by atoms with Crippen molar-refractivity contribution in [3.63, 3.8) is 0 Å². The molecule has 1 heterocycles. The molecule has 0 aromatic heterocycles. The third kappa shape index (κ3) is 1.50. The van der Waals surface area contributed by atoms with Crippen molar-refractivity contribution in [2.24, 2.45) is 0 Å². The topological polar surface area (TPSA) is 87.0 Å². The second kappa shape index (κ2) is 2.89. The zero-order chi connectivity index (χ0) is 8.43. The molecule has 0 aromatic carbocycles. The van der Waals surface area contributed by atoms with E-state index in [2.05, 4.69) is 4.74 Å². The molecule has 0 unspecified atom stereocenters. The van der Waals surface area contributed by atoms with Gasteiger partial charge in [-0.25, -0.2) is 4.79 Å². The standard InChI is InChI=1S/C6H8O5/c7-3-1-2-11-5(4(3)8)6(9)10/h1-5,7-8H,(H,9,10)/t3-,4+,5+/m1/s1. The normalized spacial score (nSPS) is 36.4. The van der Waals surface area contributed by atoms with Gasteiger partial charge in [0.2, 0.25) is 6.10 Å². The Morgan fingerprint density at radius 2 is 2.09 bits per heavy atom. The van der Waals surface area contributed by atoms with Crippen LogP contribution in [0.3, 0.4) is 0 Å². The zero-order valence-electron chi connectivity index (χ0n) is 5.54. The van der Waals surface area contributed by atoms with Gasteiger partial charge in [-0.15, -0.1) is 0 Å². The quantitative estimate of drug-likeness (QED) is 0.444. The molecule has 0 aromatic rings. The molecule has 5 heteroatoms. The fraction of sp³-hybridized carbons (Fsp3) is 0.500. The molecule has 3 atom stereocenters. The van der Waals surface area contributed by atoms with E-state index in [9.17, 15) is 4.79 Å². The summed E-state index contributed by atoms with van der Waals surface area (Å²) in [4.78, 5) is 10.3. The van der Waals surface area contributed by atoms with E-state index in [0.717, 1.165) is 6.26 Å². The van der Waals surface area contributed by atoms with Gasteiger partial charge in [-0.1, -0.05) is 0 Å². The molecule has 0 radical (unpaired) electrons. The van der Waals surface area contributed by atoms with Crippen LogP contribution in [0.5, 0.6) is 0 Å². The first-order chi connectivity index (χ1) is 5.13. The number of carbonyl (C=O) groups is 1. The molecule has 0 fully saturated rings. The van der Waals surface area contributed by atoms with Gasteiger partial charge in [0.1, 0.15) is 12.2 Å². The van der Waals surface area contributed by atoms with Gasteiger partial charge in [0.25, 0.3) is 0 Å². The molecule has 0 aliphatic carbocycles. The molecule has 5 nitrogen and oxygen atoms in total. The SMILES string of the molecule is O=C(O)[C@H]1OC=C[C@@H](O)[C@@H]1O. The summed E-state index contributed by atoms with van der Waals surface area (Å²) in [7, 11) is 0. The minimum absolute atomic E-state index is 1.07. The number of aliphatic hydroxyl groups excluding tert-OH is 2. The summed E-state index contributed by atoms with van der Waals surface area (Å²) in [5, 5.41) is 26.3. The highest BCUT2D eigenvalue weighted by Gasteiger charge is 2.34. The Labute approximate surface area is 62.5 Å². The maximum absolute atomic E-state index is 10.3. The molecule has 1 aliphatic heterocycles. The molecule has 1 rings (SSSR count). The van der Waals surface area contributed by atoms with Crippen LogP contribution >= 0.6 is 0 Å². The van der Waals surface area contributed by atoms with Crippen LogP contribution in [-0.4, -0.2) is 39.6 Å². The van der Waals surface area contributed by atoms with E-state index < -0.39 is 24.3 Å². The summed E-state index contributed by atoms with van der Waals surface area (Å²) in [5.41, 5.74) is 0. The lowest BCUT2D eigenvalue weighted by Gasteiger charge is -2.24. The number of hydrogen-bond donors (Lipinski definition) is 3. The molecule has 1 aliphatic rings. The molecule has 0 saturated carbocycles. The predicted octanol–water partition coefficient (Wildman–Crippen LogP) is -1.29. The Morgan fingerprint density at radius 1 is 1.45 bits per heavy atom. The molecule has 11 heavy (non-hydrogen) atoms. The van der Waals surface area contributed by atoms with Crippen molar-refractivity contribution in [3.8, 4) is 0 Å². The minimum Gasteiger partial charge on any atom is -0.484 e. The van der Waals surface area contributed by atoms with Crippen molar-refractivity contribution in [1.29, 1.82) is 0 Å². The van der Waals surface area contributed by atoms with E-state index in [-0.39, 0.29) is 0 Å². The predicted molar refractivity (Wildman–Crippen MR) is 33.7 cm³/mol. The van der Waals surface area contributed by atoms with Crippen LogP contribution in [0.1, 0.15) is 0 Å². The van der Waals surface area contributed by atoms with Crippen LogP contribution in [0.4, 0.5) is 0 Å². The van der Waals surface area contributed by atoms with E-state index in [4.69, 9.17) is 15.3 Å². The lowest BCUT2D eigenvalue weighted by Crippen LogP contribution is -2.44. The number of ether oxygens (including phenoxy) is 1. The Kier molecular flexibility index (Phi) is 2.11. The van der Waals surface area contributed by atoms with Crippen LogP contribution in [-0.2, 0) is 9.53 Å². The zero-order valence-corrected chi connectivity index (χ0v) is 5.54. The van der Waals surface area contributed by atoms with Crippen molar-refractivity contribution in [3.05, 3.63) is 12.3 Å². The highest BCUT2D eigenvalue weighted by Crippen LogP contribution is 2.11. The summed E-state index contributed by atoms with van der Waals surface area (Å²) < 4.78 is 4.53. The van der Waals surface area contributed by atoms with Crippen molar-refractivity contribution in [2.45, 2.75) is 18.3 Å². The summed E-state index contributed by atoms with van der Waals surface area (Å²) in [6.07, 6.45) is -1.67. The van der Waals surface area contributed by atoms with E-state index >= 15 is 0 Å². The number of aliphatic hydroxyl groups is 2. The third-order valence-corrected chi connectivity index (χ3v) is 1.40. The fourth-order valence-electron chi connectivity index (χ4n) is 0.788. The average Bonchev–Trinajstić information content (AvgIpc) is 1.94. The van der Waals surface area contributed by atoms with Crippen LogP contribution in [0.2, 0.25) is 0 Å². The van der Waals surface area contributed by atoms with Crippen molar-refractivity contribution < 1.29 is 24.9 Å². The maximum atomic E-state index is 10.3. The van der Waals surface area contributed by atoms with Crippen molar-refractivity contribution in [2.75, 3.05) is 0 Å². The Hall–Kier alpha value is -1.07. The first-order valence-corrected chi connectivity index (χ1v) is 3.04. The highest BCUT2D eigenvalue weighted by molar-refractivity contribution is 5.73. The van der Waals surface area contributed by atoms with Crippen LogP contribution in [0, 0.1) is 0 Å². The number of hydrogen-bond acceptors (Lipinski definition) is 4. The Bertz CT molecular complexity index is 187.